The van der Waals surface area contributed by atoms with E-state index < -0.39 is 5.60 Å². The molecule has 4 aromatic heterocycles. The lowest BCUT2D eigenvalue weighted by Crippen LogP contribution is -2.26. The summed E-state index contributed by atoms with van der Waals surface area (Å²) in [6.45, 7) is 1.54. The van der Waals surface area contributed by atoms with Crippen molar-refractivity contribution in [3.8, 4) is 0 Å². The molecule has 0 atom stereocenters. The standard InChI is InChI=1S/C26H22FNO3S2/c27-20-6-1-5-19(15-20)16-28(17-21-7-2-12-30-21)18-22-10-11-23(31-22)26(29,24-8-3-13-32-24)25-9-4-14-33-25/h1-15,29H,16-18H2. The Bertz CT molecular complexity index is 1240. The number of aliphatic hydroxyl groups is 1. The molecule has 168 valence electrons. The third kappa shape index (κ3) is 4.72. The second kappa shape index (κ2) is 9.49. The van der Waals surface area contributed by atoms with E-state index in [1.165, 1.54) is 34.8 Å². The van der Waals surface area contributed by atoms with Crippen LogP contribution in [0.15, 0.2) is 98.7 Å². The van der Waals surface area contributed by atoms with Crippen LogP contribution in [0.4, 0.5) is 4.39 Å². The molecule has 0 amide bonds. The SMILES string of the molecule is OC(c1ccc(CN(Cc2cccc(F)c2)Cc2ccco2)o1)(c1cccs1)c1cccs1. The zero-order valence-electron chi connectivity index (χ0n) is 17.7. The topological polar surface area (TPSA) is 49.8 Å². The molecule has 33 heavy (non-hydrogen) atoms. The Labute approximate surface area is 199 Å². The molecule has 0 bridgehead atoms. The Morgan fingerprint density at radius 2 is 1.58 bits per heavy atom. The van der Waals surface area contributed by atoms with Crippen LogP contribution in [0.3, 0.4) is 0 Å². The van der Waals surface area contributed by atoms with Crippen LogP contribution < -0.4 is 0 Å². The fourth-order valence-corrected chi connectivity index (χ4v) is 5.64. The average Bonchev–Trinajstić information content (AvgIpc) is 3.62. The Morgan fingerprint density at radius 3 is 2.21 bits per heavy atom. The van der Waals surface area contributed by atoms with E-state index in [1.54, 1.807) is 12.3 Å². The van der Waals surface area contributed by atoms with E-state index in [1.807, 2.05) is 65.4 Å². The number of hydrogen-bond acceptors (Lipinski definition) is 6. The van der Waals surface area contributed by atoms with E-state index >= 15 is 0 Å². The van der Waals surface area contributed by atoms with Crippen molar-refractivity contribution in [3.63, 3.8) is 0 Å². The summed E-state index contributed by atoms with van der Waals surface area (Å²) in [5.41, 5.74) is -0.475. The van der Waals surface area contributed by atoms with E-state index in [9.17, 15) is 9.50 Å². The van der Waals surface area contributed by atoms with E-state index in [2.05, 4.69) is 4.90 Å². The number of halogens is 1. The van der Waals surface area contributed by atoms with Crippen LogP contribution in [-0.2, 0) is 25.2 Å². The van der Waals surface area contributed by atoms with E-state index in [0.29, 0.717) is 31.2 Å². The molecule has 0 radical (unpaired) electrons. The number of hydrogen-bond donors (Lipinski definition) is 1. The maximum absolute atomic E-state index is 13.7. The first kappa shape index (κ1) is 21.9. The first-order valence-corrected chi connectivity index (χ1v) is 12.3. The van der Waals surface area contributed by atoms with Gasteiger partial charge >= 0.3 is 0 Å². The van der Waals surface area contributed by atoms with E-state index in [4.69, 9.17) is 8.83 Å². The second-order valence-corrected chi connectivity index (χ2v) is 9.68. The van der Waals surface area contributed by atoms with Crippen LogP contribution in [0.2, 0.25) is 0 Å². The maximum atomic E-state index is 13.7. The molecule has 5 aromatic rings. The number of thiophene rings is 2. The number of benzene rings is 1. The monoisotopic (exact) mass is 479 g/mol. The molecular formula is C26H22FNO3S2. The normalized spacial score (nSPS) is 12.0. The number of rotatable bonds is 9. The van der Waals surface area contributed by atoms with Crippen molar-refractivity contribution in [2.45, 2.75) is 25.2 Å². The van der Waals surface area contributed by atoms with Gasteiger partial charge in [0.05, 0.1) is 19.4 Å². The molecule has 0 saturated carbocycles. The van der Waals surface area contributed by atoms with Gasteiger partial charge in [0.1, 0.15) is 23.1 Å². The second-order valence-electron chi connectivity index (χ2n) is 7.79. The highest BCUT2D eigenvalue weighted by molar-refractivity contribution is 7.11. The van der Waals surface area contributed by atoms with E-state index in [0.717, 1.165) is 21.1 Å². The van der Waals surface area contributed by atoms with Crippen LogP contribution in [-0.4, -0.2) is 10.0 Å². The lowest BCUT2D eigenvalue weighted by molar-refractivity contribution is 0.102. The summed E-state index contributed by atoms with van der Waals surface area (Å²) in [5.74, 6) is 1.74. The molecule has 0 fully saturated rings. The number of furan rings is 2. The highest BCUT2D eigenvalue weighted by atomic mass is 32.1. The summed E-state index contributed by atoms with van der Waals surface area (Å²) in [6, 6.07) is 21.8. The number of nitrogens with zero attached hydrogens (tertiary/aromatic N) is 1. The van der Waals surface area contributed by atoms with Crippen molar-refractivity contribution in [2.75, 3.05) is 0 Å². The van der Waals surface area contributed by atoms with Gasteiger partial charge in [-0.3, -0.25) is 4.90 Å². The molecule has 7 heteroatoms. The van der Waals surface area contributed by atoms with Crippen molar-refractivity contribution in [2.24, 2.45) is 0 Å². The van der Waals surface area contributed by atoms with E-state index in [-0.39, 0.29) is 5.82 Å². The fourth-order valence-electron chi connectivity index (χ4n) is 3.90. The lowest BCUT2D eigenvalue weighted by Gasteiger charge is -2.24. The zero-order chi connectivity index (χ0) is 22.7. The van der Waals surface area contributed by atoms with Gasteiger partial charge in [-0.15, -0.1) is 22.7 Å². The van der Waals surface area contributed by atoms with Gasteiger partial charge < -0.3 is 13.9 Å². The zero-order valence-corrected chi connectivity index (χ0v) is 19.3. The van der Waals surface area contributed by atoms with Crippen LogP contribution in [0.1, 0.15) is 32.6 Å². The van der Waals surface area contributed by atoms with Crippen molar-refractivity contribution in [3.05, 3.63) is 128 Å². The van der Waals surface area contributed by atoms with Gasteiger partial charge in [0.25, 0.3) is 0 Å². The summed E-state index contributed by atoms with van der Waals surface area (Å²) in [7, 11) is 0. The molecule has 1 aromatic carbocycles. The predicted molar refractivity (Wildman–Crippen MR) is 128 cm³/mol. The molecule has 5 rings (SSSR count). The fraction of sp³-hybridized carbons (Fsp3) is 0.154. The summed E-state index contributed by atoms with van der Waals surface area (Å²) < 4.78 is 25.5. The molecule has 0 aliphatic rings. The summed E-state index contributed by atoms with van der Waals surface area (Å²) in [4.78, 5) is 3.72. The Kier molecular flexibility index (Phi) is 6.28. The summed E-state index contributed by atoms with van der Waals surface area (Å²) in [5, 5.41) is 15.7. The van der Waals surface area contributed by atoms with Gasteiger partial charge in [-0.1, -0.05) is 24.3 Å². The van der Waals surface area contributed by atoms with Crippen molar-refractivity contribution < 1.29 is 18.3 Å². The highest BCUT2D eigenvalue weighted by Gasteiger charge is 2.39. The van der Waals surface area contributed by atoms with Crippen LogP contribution in [0, 0.1) is 5.82 Å². The molecule has 0 saturated heterocycles. The molecule has 0 spiro atoms. The molecule has 0 unspecified atom stereocenters. The van der Waals surface area contributed by atoms with Gasteiger partial charge in [0.15, 0.2) is 5.60 Å². The van der Waals surface area contributed by atoms with Crippen molar-refractivity contribution in [1.82, 2.24) is 4.90 Å². The smallest absolute Gasteiger partial charge is 0.191 e. The van der Waals surface area contributed by atoms with Crippen LogP contribution >= 0.6 is 22.7 Å². The predicted octanol–water partition coefficient (Wildman–Crippen LogP) is 6.62. The molecule has 0 aliphatic heterocycles. The maximum Gasteiger partial charge on any atom is 0.191 e. The molecule has 1 N–H and O–H groups in total. The minimum absolute atomic E-state index is 0.261. The van der Waals surface area contributed by atoms with Crippen LogP contribution in [0.25, 0.3) is 0 Å². The van der Waals surface area contributed by atoms with Gasteiger partial charge in [-0.2, -0.15) is 0 Å². The van der Waals surface area contributed by atoms with Gasteiger partial charge in [0.2, 0.25) is 0 Å². The first-order chi connectivity index (χ1) is 16.1. The minimum Gasteiger partial charge on any atom is -0.468 e. The van der Waals surface area contributed by atoms with Gasteiger partial charge in [-0.25, -0.2) is 4.39 Å². The summed E-state index contributed by atoms with van der Waals surface area (Å²) in [6.07, 6.45) is 1.64. The third-order valence-corrected chi connectivity index (χ3v) is 7.37. The van der Waals surface area contributed by atoms with Gasteiger partial charge in [0, 0.05) is 16.3 Å². The molecular weight excluding hydrogens is 457 g/mol. The van der Waals surface area contributed by atoms with Crippen molar-refractivity contribution >= 4 is 22.7 Å². The third-order valence-electron chi connectivity index (χ3n) is 5.41. The Morgan fingerprint density at radius 1 is 0.818 bits per heavy atom. The quantitative estimate of drug-likeness (QED) is 0.258. The molecule has 4 nitrogen and oxygen atoms in total. The first-order valence-electron chi connectivity index (χ1n) is 10.5. The van der Waals surface area contributed by atoms with Crippen LogP contribution in [0.5, 0.6) is 0 Å². The summed E-state index contributed by atoms with van der Waals surface area (Å²) >= 11 is 2.98. The minimum atomic E-state index is -1.34. The average molecular weight is 480 g/mol. The largest absolute Gasteiger partial charge is 0.468 e. The molecule has 4 heterocycles. The Balaban J connectivity index is 1.43. The lowest BCUT2D eigenvalue weighted by atomic mass is 9.97. The van der Waals surface area contributed by atoms with Gasteiger partial charge in [-0.05, 0) is 64.9 Å². The Hall–Kier alpha value is -2.97. The molecule has 0 aliphatic carbocycles. The highest BCUT2D eigenvalue weighted by Crippen LogP contribution is 2.41. The van der Waals surface area contributed by atoms with Crippen molar-refractivity contribution in [1.29, 1.82) is 0 Å².